The van der Waals surface area contributed by atoms with Gasteiger partial charge in [-0.2, -0.15) is 16.6 Å². The largest absolute Gasteiger partial charge is 0.353 e. The number of nitrogens with one attached hydrogen (secondary N) is 1. The lowest BCUT2D eigenvalue weighted by Crippen LogP contribution is -2.38. The Bertz CT molecular complexity index is 839. The molecule has 1 unspecified atom stereocenters. The van der Waals surface area contributed by atoms with Gasteiger partial charge < -0.3 is 5.32 Å². The molecule has 0 saturated carbocycles. The monoisotopic (exact) mass is 416 g/mol. The second kappa shape index (κ2) is 10.6. The Balaban J connectivity index is 2.02. The molecule has 0 aliphatic rings. The number of carbonyl (C=O) groups is 1. The molecule has 1 atom stereocenters. The Morgan fingerprint density at radius 3 is 2.61 bits per heavy atom. The second-order valence-corrected chi connectivity index (χ2v) is 8.37. The summed E-state index contributed by atoms with van der Waals surface area (Å²) in [6, 6.07) is 4.53. The van der Waals surface area contributed by atoms with E-state index in [0.717, 1.165) is 29.9 Å². The SMILES string of the molecule is CCN(CC)C(CNC(=O)CSc1nc(C)c(C)c(C)c1C#N)c1ccsc1. The van der Waals surface area contributed by atoms with E-state index in [1.165, 1.54) is 17.3 Å². The van der Waals surface area contributed by atoms with Gasteiger partial charge in [-0.3, -0.25) is 9.69 Å². The van der Waals surface area contributed by atoms with Crippen LogP contribution in [0.15, 0.2) is 21.9 Å². The van der Waals surface area contributed by atoms with Gasteiger partial charge in [0.2, 0.25) is 5.91 Å². The van der Waals surface area contributed by atoms with Gasteiger partial charge in [0.25, 0.3) is 0 Å². The van der Waals surface area contributed by atoms with Gasteiger partial charge in [0.1, 0.15) is 11.1 Å². The van der Waals surface area contributed by atoms with Crippen LogP contribution in [0.1, 0.15) is 47.8 Å². The highest BCUT2D eigenvalue weighted by Crippen LogP contribution is 2.26. The van der Waals surface area contributed by atoms with E-state index < -0.39 is 0 Å². The van der Waals surface area contributed by atoms with Gasteiger partial charge in [-0.25, -0.2) is 4.98 Å². The van der Waals surface area contributed by atoms with Crippen LogP contribution >= 0.6 is 23.1 Å². The van der Waals surface area contributed by atoms with Gasteiger partial charge in [0, 0.05) is 12.2 Å². The van der Waals surface area contributed by atoms with Crippen LogP contribution in [0, 0.1) is 32.1 Å². The minimum atomic E-state index is -0.0426. The number of aromatic nitrogens is 1. The highest BCUT2D eigenvalue weighted by Gasteiger charge is 2.20. The van der Waals surface area contributed by atoms with Crippen LogP contribution in [0.3, 0.4) is 0 Å². The maximum absolute atomic E-state index is 12.5. The maximum Gasteiger partial charge on any atom is 0.230 e. The number of thiophene rings is 1. The van der Waals surface area contributed by atoms with Gasteiger partial charge in [0.15, 0.2) is 0 Å². The molecule has 150 valence electrons. The molecule has 0 aliphatic carbocycles. The zero-order valence-corrected chi connectivity index (χ0v) is 18.8. The quantitative estimate of drug-likeness (QED) is 0.620. The fourth-order valence-electron chi connectivity index (χ4n) is 3.13. The zero-order chi connectivity index (χ0) is 20.7. The Morgan fingerprint density at radius 2 is 2.04 bits per heavy atom. The average molecular weight is 417 g/mol. The third kappa shape index (κ3) is 5.34. The molecular formula is C21H28N4OS2. The number of rotatable bonds is 9. The van der Waals surface area contributed by atoms with Crippen LogP contribution < -0.4 is 5.32 Å². The molecule has 2 aromatic heterocycles. The summed E-state index contributed by atoms with van der Waals surface area (Å²) in [4.78, 5) is 19.3. The van der Waals surface area contributed by atoms with Gasteiger partial charge in [-0.05, 0) is 67.4 Å². The number of thioether (sulfide) groups is 1. The van der Waals surface area contributed by atoms with Crippen LogP contribution in [0.25, 0.3) is 0 Å². The number of likely N-dealkylation sites (N-methyl/N-ethyl adjacent to an activating group) is 1. The molecule has 7 heteroatoms. The third-order valence-electron chi connectivity index (χ3n) is 5.09. The Kier molecular flexibility index (Phi) is 8.49. The molecule has 2 heterocycles. The first-order chi connectivity index (χ1) is 13.4. The lowest BCUT2D eigenvalue weighted by Gasteiger charge is -2.29. The van der Waals surface area contributed by atoms with E-state index in [1.54, 1.807) is 11.3 Å². The summed E-state index contributed by atoms with van der Waals surface area (Å²) in [5.41, 5.74) is 4.68. The van der Waals surface area contributed by atoms with Crippen molar-refractivity contribution in [3.8, 4) is 6.07 Å². The molecule has 0 bridgehead atoms. The van der Waals surface area contributed by atoms with Crippen LogP contribution in [-0.4, -0.2) is 41.2 Å². The molecule has 0 aromatic carbocycles. The lowest BCUT2D eigenvalue weighted by atomic mass is 10.1. The van der Waals surface area contributed by atoms with Crippen molar-refractivity contribution in [2.75, 3.05) is 25.4 Å². The number of nitriles is 1. The third-order valence-corrected chi connectivity index (χ3v) is 6.77. The van der Waals surface area contributed by atoms with Crippen molar-refractivity contribution >= 4 is 29.0 Å². The standard InChI is InChI=1S/C21H28N4OS2/c1-6-25(7-2)19(17-8-9-27-12-17)11-23-20(26)13-28-21-18(10-22)15(4)14(3)16(5)24-21/h8-9,12,19H,6-7,11,13H2,1-5H3,(H,23,26). The summed E-state index contributed by atoms with van der Waals surface area (Å²) in [5.74, 6) is 0.206. The fraction of sp³-hybridized carbons (Fsp3) is 0.476. The van der Waals surface area contributed by atoms with E-state index >= 15 is 0 Å². The van der Waals surface area contributed by atoms with Gasteiger partial charge in [0.05, 0.1) is 17.4 Å². The van der Waals surface area contributed by atoms with E-state index in [-0.39, 0.29) is 17.7 Å². The molecule has 1 amide bonds. The lowest BCUT2D eigenvalue weighted by molar-refractivity contribution is -0.118. The fourth-order valence-corrected chi connectivity index (χ4v) is 4.75. The summed E-state index contributed by atoms with van der Waals surface area (Å²) in [6.45, 7) is 12.5. The number of nitrogens with zero attached hydrogens (tertiary/aromatic N) is 3. The summed E-state index contributed by atoms with van der Waals surface area (Å²) in [5, 5.41) is 17.4. The van der Waals surface area contributed by atoms with Crippen molar-refractivity contribution < 1.29 is 4.79 Å². The molecule has 1 N–H and O–H groups in total. The molecule has 2 aromatic rings. The molecule has 0 aliphatic heterocycles. The molecular weight excluding hydrogens is 388 g/mol. The first-order valence-corrected chi connectivity index (χ1v) is 11.4. The molecule has 0 spiro atoms. The highest BCUT2D eigenvalue weighted by molar-refractivity contribution is 8.00. The molecule has 2 rings (SSSR count). The number of hydrogen-bond donors (Lipinski definition) is 1. The Morgan fingerprint density at radius 1 is 1.32 bits per heavy atom. The Labute approximate surface area is 176 Å². The van der Waals surface area contributed by atoms with Crippen molar-refractivity contribution in [2.45, 2.75) is 45.7 Å². The van der Waals surface area contributed by atoms with E-state index in [4.69, 9.17) is 0 Å². The van der Waals surface area contributed by atoms with Crippen molar-refractivity contribution in [1.82, 2.24) is 15.2 Å². The van der Waals surface area contributed by atoms with Gasteiger partial charge in [-0.1, -0.05) is 25.6 Å². The maximum atomic E-state index is 12.5. The first kappa shape index (κ1) is 22.4. The summed E-state index contributed by atoms with van der Waals surface area (Å²) in [7, 11) is 0. The topological polar surface area (TPSA) is 69.0 Å². The van der Waals surface area contributed by atoms with Crippen LogP contribution in [0.5, 0.6) is 0 Å². The summed E-state index contributed by atoms with van der Waals surface area (Å²) < 4.78 is 0. The smallest absolute Gasteiger partial charge is 0.230 e. The molecule has 0 fully saturated rings. The molecule has 5 nitrogen and oxygen atoms in total. The number of amides is 1. The summed E-state index contributed by atoms with van der Waals surface area (Å²) >= 11 is 3.00. The van der Waals surface area contributed by atoms with E-state index in [1.807, 2.05) is 20.8 Å². The van der Waals surface area contributed by atoms with Crippen molar-refractivity contribution in [3.05, 3.63) is 44.8 Å². The highest BCUT2D eigenvalue weighted by atomic mass is 32.2. The molecule has 0 saturated heterocycles. The van der Waals surface area contributed by atoms with E-state index in [0.29, 0.717) is 17.1 Å². The van der Waals surface area contributed by atoms with Gasteiger partial charge >= 0.3 is 0 Å². The van der Waals surface area contributed by atoms with Crippen molar-refractivity contribution in [1.29, 1.82) is 5.26 Å². The van der Waals surface area contributed by atoms with E-state index in [2.05, 4.69) is 51.9 Å². The van der Waals surface area contributed by atoms with E-state index in [9.17, 15) is 10.1 Å². The van der Waals surface area contributed by atoms with Crippen LogP contribution in [-0.2, 0) is 4.79 Å². The van der Waals surface area contributed by atoms with Gasteiger partial charge in [-0.15, -0.1) is 0 Å². The second-order valence-electron chi connectivity index (χ2n) is 6.63. The predicted molar refractivity (Wildman–Crippen MR) is 117 cm³/mol. The number of aryl methyl sites for hydroxylation is 1. The normalized spacial score (nSPS) is 12.0. The molecule has 0 radical (unpaired) electrons. The average Bonchev–Trinajstić information content (AvgIpc) is 3.22. The Hall–Kier alpha value is -1.88. The number of pyridine rings is 1. The minimum absolute atomic E-state index is 0.0426. The predicted octanol–water partition coefficient (Wildman–Crippen LogP) is 4.23. The summed E-state index contributed by atoms with van der Waals surface area (Å²) in [6.07, 6.45) is 0. The van der Waals surface area contributed by atoms with Crippen molar-refractivity contribution in [2.24, 2.45) is 0 Å². The zero-order valence-electron chi connectivity index (χ0n) is 17.2. The first-order valence-electron chi connectivity index (χ1n) is 9.46. The van der Waals surface area contributed by atoms with Crippen LogP contribution in [0.4, 0.5) is 0 Å². The minimum Gasteiger partial charge on any atom is -0.353 e. The van der Waals surface area contributed by atoms with Crippen molar-refractivity contribution in [3.63, 3.8) is 0 Å². The number of hydrogen-bond acceptors (Lipinski definition) is 6. The number of carbonyl (C=O) groups excluding carboxylic acids is 1. The van der Waals surface area contributed by atoms with Crippen LogP contribution in [0.2, 0.25) is 0 Å². The molecule has 28 heavy (non-hydrogen) atoms.